The Morgan fingerprint density at radius 3 is 1.09 bits per heavy atom. The molecule has 1 aromatic rings. The summed E-state index contributed by atoms with van der Waals surface area (Å²) < 4.78 is 0. The quantitative estimate of drug-likeness (QED) is 0.0164. The highest BCUT2D eigenvalue weighted by Gasteiger charge is 2.37. The van der Waals surface area contributed by atoms with Crippen LogP contribution in [-0.2, 0) is 73.5 Å². The van der Waals surface area contributed by atoms with E-state index in [4.69, 9.17) is 68.8 Å². The molecule has 11 atom stereocenters. The molecular weight excluding hydrogens is 1500 g/mol. The second-order valence-electron chi connectivity index (χ2n) is 26.7. The Morgan fingerprint density at radius 2 is 0.717 bits per heavy atom. The minimum absolute atomic E-state index is 0.00335. The number of carboxylic acid groups (broad SMARTS) is 1. The molecule has 113 heavy (non-hydrogen) atoms. The van der Waals surface area contributed by atoms with Crippen molar-refractivity contribution < 1.29 is 77.3 Å². The van der Waals surface area contributed by atoms with Gasteiger partial charge in [-0.05, 0) is 146 Å². The van der Waals surface area contributed by atoms with Crippen LogP contribution < -0.4 is 133 Å². The van der Waals surface area contributed by atoms with Crippen LogP contribution >= 0.6 is 11.8 Å². The molecule has 0 heterocycles. The summed E-state index contributed by atoms with van der Waals surface area (Å²) in [7, 11) is 0. The number of aliphatic hydroxyl groups is 1. The predicted octanol–water partition coefficient (Wildman–Crippen LogP) is -9.75. The number of amides is 13. The molecule has 0 aromatic heterocycles. The van der Waals surface area contributed by atoms with Gasteiger partial charge in [0.25, 0.3) is 0 Å². The summed E-state index contributed by atoms with van der Waals surface area (Å²) in [5.41, 5.74) is 66.9. The summed E-state index contributed by atoms with van der Waals surface area (Å²) in [6.45, 7) is 1.64. The number of aliphatic imine (C=N–C) groups is 4. The van der Waals surface area contributed by atoms with Gasteiger partial charge >= 0.3 is 5.97 Å². The molecule has 45 heteroatoms. The molecule has 0 saturated carbocycles. The standard InChI is InChI=1S/C68H122N28O16S/c1-38(2)33-48(61(108)95-49(34-39-15-5-4-6-16-39)62(109)88-40(19-11-28-81-65(73)74)54(101)85-36-53(100)87-47(64(111)112)22-14-31-84-68(79)80)94-60(107)46(25-32-113-3)93-59(106)45(23-24-51(72)98)92-63(110)50(37-97)96-58(105)44(21-13-30-83-67(77)78)91-56(103)42(18-8-10-27-70)89-57(104)43(20-12-29-82-66(75)76)90-55(102)41(17-7-9-26-69)86-52(99)35-71/h4-6,15-16,38,40-50,97H,7-14,17-37,69-71H2,1-3H3,(H2,72,98)(H,85,101)(H,86,99)(H,87,100)(H,88,109)(H,89,104)(H,90,102)(H,91,103)(H,92,110)(H,93,106)(H,94,107)(H,95,108)(H,96,105)(H,111,112)(H4,73,74,81)(H4,75,76,82)(H4,77,78,83)(H4,79,80,84). The molecule has 38 N–H and O–H groups in total. The van der Waals surface area contributed by atoms with Crippen LogP contribution in [0.5, 0.6) is 0 Å². The summed E-state index contributed by atoms with van der Waals surface area (Å²) in [4.78, 5) is 209. The molecule has 0 saturated heterocycles. The summed E-state index contributed by atoms with van der Waals surface area (Å²) in [6.07, 6.45) is 1.80. The van der Waals surface area contributed by atoms with Crippen molar-refractivity contribution in [1.82, 2.24) is 63.8 Å². The third-order valence-corrected chi connectivity index (χ3v) is 17.4. The molecule has 636 valence electrons. The summed E-state index contributed by atoms with van der Waals surface area (Å²) in [6, 6.07) is -7.95. The lowest BCUT2D eigenvalue weighted by molar-refractivity contribution is -0.142. The largest absolute Gasteiger partial charge is 0.480 e. The van der Waals surface area contributed by atoms with E-state index in [2.05, 4.69) is 83.8 Å². The molecule has 0 aliphatic rings. The van der Waals surface area contributed by atoms with Gasteiger partial charge in [-0.2, -0.15) is 11.8 Å². The van der Waals surface area contributed by atoms with E-state index in [9.17, 15) is 77.3 Å². The molecule has 1 rings (SSSR count). The molecule has 13 amide bonds. The number of hydrogen-bond donors (Lipinski definition) is 26. The maximum absolute atomic E-state index is 14.7. The number of guanidine groups is 4. The average Bonchev–Trinajstić information content (AvgIpc) is 0.858. The number of carbonyl (C=O) groups is 14. The highest BCUT2D eigenvalue weighted by atomic mass is 32.2. The first-order valence-corrected chi connectivity index (χ1v) is 38.6. The van der Waals surface area contributed by atoms with Gasteiger partial charge < -0.3 is 143 Å². The molecule has 0 aliphatic heterocycles. The maximum atomic E-state index is 14.7. The van der Waals surface area contributed by atoms with Crippen LogP contribution in [0.4, 0.5) is 0 Å². The Hall–Kier alpha value is -10.9. The first kappa shape index (κ1) is 100. The number of aliphatic hydroxyl groups excluding tert-OH is 1. The Bertz CT molecular complexity index is 3320. The molecule has 0 aliphatic carbocycles. The zero-order valence-electron chi connectivity index (χ0n) is 64.6. The first-order chi connectivity index (χ1) is 53.6. The lowest BCUT2D eigenvalue weighted by Gasteiger charge is -2.28. The van der Waals surface area contributed by atoms with Crippen LogP contribution in [0.25, 0.3) is 0 Å². The van der Waals surface area contributed by atoms with Crippen LogP contribution in [0.15, 0.2) is 50.3 Å². The number of unbranched alkanes of at least 4 members (excludes halogenated alkanes) is 2. The number of aliphatic carboxylic acids is 1. The number of nitrogens with two attached hydrogens (primary N) is 12. The minimum atomic E-state index is -1.91. The van der Waals surface area contributed by atoms with Gasteiger partial charge in [-0.1, -0.05) is 44.2 Å². The van der Waals surface area contributed by atoms with Crippen molar-refractivity contribution in [2.75, 3.05) is 71.0 Å². The Kier molecular flexibility index (Phi) is 50.6. The lowest BCUT2D eigenvalue weighted by atomic mass is 10.00. The SMILES string of the molecule is CSCCC(NC(=O)C(CCC(N)=O)NC(=O)C(CO)NC(=O)C(CCCN=C(N)N)NC(=O)C(CCCCN)NC(=O)C(CCCN=C(N)N)NC(=O)C(CCCCN)NC(=O)CN)C(=O)NC(CC(C)C)C(=O)NC(Cc1ccccc1)C(=O)NC(CCCN=C(N)N)C(=O)NCC(=O)NC(CCCN=C(N)N)C(=O)O. The van der Waals surface area contributed by atoms with Gasteiger partial charge in [-0.3, -0.25) is 82.3 Å². The van der Waals surface area contributed by atoms with Crippen molar-refractivity contribution in [3.05, 3.63) is 35.9 Å². The summed E-state index contributed by atoms with van der Waals surface area (Å²) in [5, 5.41) is 51.0. The van der Waals surface area contributed by atoms with Crippen molar-refractivity contribution >= 4 is 118 Å². The number of nitrogens with one attached hydrogen (secondary N) is 12. The van der Waals surface area contributed by atoms with Gasteiger partial charge in [0.2, 0.25) is 76.8 Å². The minimum Gasteiger partial charge on any atom is -0.480 e. The maximum Gasteiger partial charge on any atom is 0.326 e. The average molecular weight is 1620 g/mol. The number of thioether (sulfide) groups is 1. The van der Waals surface area contributed by atoms with Crippen LogP contribution in [0.3, 0.4) is 0 Å². The highest BCUT2D eigenvalue weighted by Crippen LogP contribution is 2.14. The molecule has 0 radical (unpaired) electrons. The fourth-order valence-electron chi connectivity index (χ4n) is 10.9. The number of nitrogens with zero attached hydrogens (tertiary/aromatic N) is 4. The first-order valence-electron chi connectivity index (χ1n) is 37.2. The van der Waals surface area contributed by atoms with Gasteiger partial charge in [0.15, 0.2) is 23.8 Å². The molecular formula is C68H122N28O16S. The number of hydrogen-bond acceptors (Lipinski definition) is 23. The highest BCUT2D eigenvalue weighted by molar-refractivity contribution is 7.98. The van der Waals surface area contributed by atoms with E-state index in [1.54, 1.807) is 50.4 Å². The number of primary amides is 1. The van der Waals surface area contributed by atoms with E-state index < -0.39 is 182 Å². The van der Waals surface area contributed by atoms with Gasteiger partial charge in [-0.25, -0.2) is 4.79 Å². The van der Waals surface area contributed by atoms with E-state index in [-0.39, 0.29) is 158 Å². The number of carboxylic acids is 1. The summed E-state index contributed by atoms with van der Waals surface area (Å²) in [5.74, 6) is -14.5. The van der Waals surface area contributed by atoms with Crippen LogP contribution in [0.2, 0.25) is 0 Å². The fourth-order valence-corrected chi connectivity index (χ4v) is 11.3. The second kappa shape index (κ2) is 57.2. The van der Waals surface area contributed by atoms with E-state index in [1.165, 1.54) is 11.8 Å². The molecule has 0 fully saturated rings. The smallest absolute Gasteiger partial charge is 0.326 e. The molecule has 0 bridgehead atoms. The van der Waals surface area contributed by atoms with Gasteiger partial charge in [-0.15, -0.1) is 0 Å². The Balaban J connectivity index is 3.74. The predicted molar refractivity (Wildman–Crippen MR) is 425 cm³/mol. The van der Waals surface area contributed by atoms with Gasteiger partial charge in [0.1, 0.15) is 66.5 Å². The van der Waals surface area contributed by atoms with Crippen LogP contribution in [0.1, 0.15) is 135 Å². The van der Waals surface area contributed by atoms with Crippen molar-refractivity contribution in [2.24, 2.45) is 94.7 Å². The number of benzene rings is 1. The van der Waals surface area contributed by atoms with Crippen molar-refractivity contribution in [1.29, 1.82) is 0 Å². The van der Waals surface area contributed by atoms with Crippen molar-refractivity contribution in [2.45, 2.75) is 202 Å². The third kappa shape index (κ3) is 44.6. The monoisotopic (exact) mass is 1620 g/mol. The zero-order chi connectivity index (χ0) is 85.0. The van der Waals surface area contributed by atoms with Gasteiger partial charge in [0, 0.05) is 39.0 Å². The normalized spacial score (nSPS) is 13.8. The van der Waals surface area contributed by atoms with Crippen LogP contribution in [0, 0.1) is 5.92 Å². The Morgan fingerprint density at radius 1 is 0.389 bits per heavy atom. The molecule has 11 unspecified atom stereocenters. The zero-order valence-corrected chi connectivity index (χ0v) is 65.4. The molecule has 0 spiro atoms. The van der Waals surface area contributed by atoms with Crippen molar-refractivity contribution in [3.63, 3.8) is 0 Å². The van der Waals surface area contributed by atoms with E-state index in [1.807, 2.05) is 0 Å². The Labute approximate surface area is 660 Å². The second-order valence-corrected chi connectivity index (χ2v) is 27.7. The van der Waals surface area contributed by atoms with Crippen molar-refractivity contribution in [3.8, 4) is 0 Å². The van der Waals surface area contributed by atoms with Gasteiger partial charge in [0.05, 0.1) is 19.7 Å². The van der Waals surface area contributed by atoms with Crippen LogP contribution in [-0.4, -0.2) is 254 Å². The molecule has 44 nitrogen and oxygen atoms in total. The fraction of sp³-hybridized carbons (Fsp3) is 0.647. The number of carbonyl (C=O) groups excluding carboxylic acids is 13. The lowest BCUT2D eigenvalue weighted by Crippen LogP contribution is -2.61. The van der Waals surface area contributed by atoms with E-state index in [0.29, 0.717) is 31.4 Å². The van der Waals surface area contributed by atoms with E-state index >= 15 is 0 Å². The summed E-state index contributed by atoms with van der Waals surface area (Å²) >= 11 is 1.27. The topological polar surface area (TPSA) is 785 Å². The third-order valence-electron chi connectivity index (χ3n) is 16.7. The van der Waals surface area contributed by atoms with E-state index in [0.717, 1.165) is 0 Å². The molecule has 1 aromatic carbocycles. The number of rotatable bonds is 60.